The molecule has 1 aliphatic rings. The fourth-order valence-corrected chi connectivity index (χ4v) is 2.57. The summed E-state index contributed by atoms with van der Waals surface area (Å²) in [5.74, 6) is 0. The first kappa shape index (κ1) is 11.8. The van der Waals surface area contributed by atoms with Crippen LogP contribution in [0, 0.1) is 6.07 Å². The third kappa shape index (κ3) is 2.57. The zero-order chi connectivity index (χ0) is 12.2. The minimum absolute atomic E-state index is 0.891. The van der Waals surface area contributed by atoms with Gasteiger partial charge >= 0.3 is 0 Å². The lowest BCUT2D eigenvalue weighted by Crippen LogP contribution is -2.37. The Hall–Kier alpha value is -1.32. The first-order chi connectivity index (χ1) is 8.93. The van der Waals surface area contributed by atoms with Gasteiger partial charge in [0, 0.05) is 43.3 Å². The maximum atomic E-state index is 5.36. The molecule has 1 aromatic heterocycles. The molecule has 0 aliphatic carbocycles. The van der Waals surface area contributed by atoms with Crippen molar-refractivity contribution < 1.29 is 4.74 Å². The average Bonchev–Trinajstić information content (AvgIpc) is 2.84. The van der Waals surface area contributed by atoms with E-state index in [1.165, 1.54) is 23.9 Å². The molecule has 3 nitrogen and oxygen atoms in total. The quantitative estimate of drug-likeness (QED) is 0.819. The van der Waals surface area contributed by atoms with Crippen molar-refractivity contribution in [1.82, 2.24) is 9.47 Å². The van der Waals surface area contributed by atoms with Crippen LogP contribution < -0.4 is 0 Å². The fourth-order valence-electron chi connectivity index (χ4n) is 2.57. The molecule has 1 fully saturated rings. The monoisotopic (exact) mass is 243 g/mol. The molecule has 1 aromatic carbocycles. The Morgan fingerprint density at radius 2 is 2.06 bits per heavy atom. The highest BCUT2D eigenvalue weighted by atomic mass is 16.5. The van der Waals surface area contributed by atoms with Gasteiger partial charge in [-0.05, 0) is 30.7 Å². The number of rotatable bonds is 4. The van der Waals surface area contributed by atoms with E-state index in [4.69, 9.17) is 4.74 Å². The molecule has 0 amide bonds. The van der Waals surface area contributed by atoms with Crippen molar-refractivity contribution in [1.29, 1.82) is 0 Å². The standard InChI is InChI=1S/C15H19N2O/c1-2-5-15-14(4-1)6-9-17(15)8-3-7-16-10-12-18-13-11-16/h2,4-6,9H,3,7-8,10-13H2. The van der Waals surface area contributed by atoms with Crippen LogP contribution in [0.4, 0.5) is 0 Å². The maximum Gasteiger partial charge on any atom is 0.0594 e. The molecule has 1 radical (unpaired) electrons. The van der Waals surface area contributed by atoms with Gasteiger partial charge in [0.2, 0.25) is 0 Å². The lowest BCUT2D eigenvalue weighted by Gasteiger charge is -2.26. The van der Waals surface area contributed by atoms with Gasteiger partial charge in [-0.15, -0.1) is 0 Å². The van der Waals surface area contributed by atoms with E-state index in [0.717, 1.165) is 32.8 Å². The third-order valence-electron chi connectivity index (χ3n) is 3.59. The molecule has 18 heavy (non-hydrogen) atoms. The first-order valence-electron chi connectivity index (χ1n) is 6.68. The summed E-state index contributed by atoms with van der Waals surface area (Å²) < 4.78 is 7.70. The molecule has 0 N–H and O–H groups in total. The number of benzene rings is 1. The van der Waals surface area contributed by atoms with Crippen molar-refractivity contribution in [2.45, 2.75) is 13.0 Å². The fraction of sp³-hybridized carbons (Fsp3) is 0.467. The van der Waals surface area contributed by atoms with Crippen LogP contribution in [-0.2, 0) is 11.3 Å². The Morgan fingerprint density at radius 1 is 1.17 bits per heavy atom. The number of nitrogens with zero attached hydrogens (tertiary/aromatic N) is 2. The highest BCUT2D eigenvalue weighted by Gasteiger charge is 2.09. The Morgan fingerprint density at radius 3 is 2.94 bits per heavy atom. The van der Waals surface area contributed by atoms with Crippen molar-refractivity contribution >= 4 is 10.9 Å². The van der Waals surface area contributed by atoms with Crippen LogP contribution in [0.25, 0.3) is 10.9 Å². The smallest absolute Gasteiger partial charge is 0.0594 e. The highest BCUT2D eigenvalue weighted by molar-refractivity contribution is 5.79. The first-order valence-corrected chi connectivity index (χ1v) is 6.68. The van der Waals surface area contributed by atoms with Gasteiger partial charge in [0.1, 0.15) is 0 Å². The molecule has 1 saturated heterocycles. The molecular formula is C15H19N2O. The molecule has 0 saturated carbocycles. The number of aromatic nitrogens is 1. The Labute approximate surface area is 108 Å². The second-order valence-electron chi connectivity index (χ2n) is 4.80. The predicted octanol–water partition coefficient (Wildman–Crippen LogP) is 2.16. The van der Waals surface area contributed by atoms with Crippen LogP contribution in [-0.4, -0.2) is 42.3 Å². The normalized spacial score (nSPS) is 17.3. The van der Waals surface area contributed by atoms with E-state index in [1.54, 1.807) is 0 Å². The second kappa shape index (κ2) is 5.55. The molecule has 2 aromatic rings. The molecule has 95 valence electrons. The van der Waals surface area contributed by atoms with Gasteiger partial charge in [-0.2, -0.15) is 0 Å². The van der Waals surface area contributed by atoms with E-state index in [-0.39, 0.29) is 0 Å². The van der Waals surface area contributed by atoms with Crippen LogP contribution in [0.3, 0.4) is 0 Å². The van der Waals surface area contributed by atoms with E-state index in [2.05, 4.69) is 33.9 Å². The van der Waals surface area contributed by atoms with Gasteiger partial charge in [0.25, 0.3) is 0 Å². The van der Waals surface area contributed by atoms with Gasteiger partial charge in [0.15, 0.2) is 0 Å². The van der Waals surface area contributed by atoms with Gasteiger partial charge in [-0.25, -0.2) is 0 Å². The molecule has 0 unspecified atom stereocenters. The van der Waals surface area contributed by atoms with E-state index in [0.29, 0.717) is 0 Å². The summed E-state index contributed by atoms with van der Waals surface area (Å²) >= 11 is 0. The summed E-state index contributed by atoms with van der Waals surface area (Å²) in [7, 11) is 0. The molecule has 1 aliphatic heterocycles. The summed E-state index contributed by atoms with van der Waals surface area (Å²) in [5.41, 5.74) is 1.32. The average molecular weight is 243 g/mol. The van der Waals surface area contributed by atoms with Crippen molar-refractivity contribution in [3.05, 3.63) is 36.5 Å². The number of morpholine rings is 1. The zero-order valence-electron chi connectivity index (χ0n) is 10.6. The highest BCUT2D eigenvalue weighted by Crippen LogP contribution is 2.15. The second-order valence-corrected chi connectivity index (χ2v) is 4.80. The summed E-state index contributed by atoms with van der Waals surface area (Å²) in [6.07, 6.45) is 3.38. The van der Waals surface area contributed by atoms with E-state index in [1.807, 2.05) is 12.1 Å². The number of fused-ring (bicyclic) bond motifs is 1. The lowest BCUT2D eigenvalue weighted by atomic mass is 10.2. The topological polar surface area (TPSA) is 17.4 Å². The molecule has 2 heterocycles. The maximum absolute atomic E-state index is 5.36. The Bertz CT molecular complexity index is 500. The Kier molecular flexibility index (Phi) is 3.62. The van der Waals surface area contributed by atoms with Gasteiger partial charge < -0.3 is 9.30 Å². The Balaban J connectivity index is 1.56. The van der Waals surface area contributed by atoms with Crippen molar-refractivity contribution in [2.75, 3.05) is 32.8 Å². The van der Waals surface area contributed by atoms with Crippen molar-refractivity contribution in [3.8, 4) is 0 Å². The zero-order valence-corrected chi connectivity index (χ0v) is 10.6. The number of hydrogen-bond donors (Lipinski definition) is 0. The summed E-state index contributed by atoms with van der Waals surface area (Å²) in [4.78, 5) is 2.49. The van der Waals surface area contributed by atoms with Crippen molar-refractivity contribution in [2.24, 2.45) is 0 Å². The van der Waals surface area contributed by atoms with Crippen LogP contribution in [0.1, 0.15) is 6.42 Å². The van der Waals surface area contributed by atoms with E-state index in [9.17, 15) is 0 Å². The van der Waals surface area contributed by atoms with Gasteiger partial charge in [0.05, 0.1) is 13.2 Å². The predicted molar refractivity (Wildman–Crippen MR) is 72.7 cm³/mol. The largest absolute Gasteiger partial charge is 0.379 e. The minimum Gasteiger partial charge on any atom is -0.379 e. The summed E-state index contributed by atoms with van der Waals surface area (Å²) in [5, 5.41) is 1.28. The van der Waals surface area contributed by atoms with Crippen LogP contribution in [0.15, 0.2) is 30.5 Å². The van der Waals surface area contributed by atoms with Crippen LogP contribution in [0.2, 0.25) is 0 Å². The summed E-state index contributed by atoms with van der Waals surface area (Å²) in [6.45, 7) is 6.21. The third-order valence-corrected chi connectivity index (χ3v) is 3.59. The van der Waals surface area contributed by atoms with E-state index < -0.39 is 0 Å². The lowest BCUT2D eigenvalue weighted by molar-refractivity contribution is 0.0370. The van der Waals surface area contributed by atoms with Gasteiger partial charge in [-0.3, -0.25) is 4.90 Å². The molecule has 0 bridgehead atoms. The minimum atomic E-state index is 0.891. The van der Waals surface area contributed by atoms with Crippen molar-refractivity contribution in [3.63, 3.8) is 0 Å². The van der Waals surface area contributed by atoms with Gasteiger partial charge in [-0.1, -0.05) is 6.07 Å². The van der Waals surface area contributed by atoms with Crippen LogP contribution in [0.5, 0.6) is 0 Å². The van der Waals surface area contributed by atoms with Crippen LogP contribution >= 0.6 is 0 Å². The number of hydrogen-bond acceptors (Lipinski definition) is 2. The SMILES string of the molecule is [c]1ccc2c(c1)ccn2CCCN1CCOCC1. The summed E-state index contributed by atoms with van der Waals surface area (Å²) in [6, 6.07) is 11.5. The molecule has 3 rings (SSSR count). The number of aryl methyl sites for hydroxylation is 1. The number of ether oxygens (including phenoxy) is 1. The molecule has 0 spiro atoms. The molecule has 3 heteroatoms. The molecule has 0 atom stereocenters. The molecular weight excluding hydrogens is 224 g/mol. The van der Waals surface area contributed by atoms with E-state index >= 15 is 0 Å².